The summed E-state index contributed by atoms with van der Waals surface area (Å²) in [4.78, 5) is 2.55. The molecule has 1 spiro atoms. The quantitative estimate of drug-likeness (QED) is 0.160. The van der Waals surface area contributed by atoms with E-state index in [1.807, 2.05) is 0 Å². The van der Waals surface area contributed by atoms with Crippen molar-refractivity contribution in [2.75, 3.05) is 4.90 Å². The van der Waals surface area contributed by atoms with Crippen molar-refractivity contribution in [1.29, 1.82) is 0 Å². The summed E-state index contributed by atoms with van der Waals surface area (Å²) in [7, 11) is 0. The number of aromatic nitrogens is 1. The van der Waals surface area contributed by atoms with E-state index in [1.165, 1.54) is 109 Å². The van der Waals surface area contributed by atoms with Crippen LogP contribution in [-0.2, 0) is 5.41 Å². The highest BCUT2D eigenvalue weighted by molar-refractivity contribution is 6.26. The van der Waals surface area contributed by atoms with Gasteiger partial charge >= 0.3 is 0 Å². The molecule has 0 saturated carbocycles. The van der Waals surface area contributed by atoms with Gasteiger partial charge in [-0.05, 0) is 136 Å². The summed E-state index contributed by atoms with van der Waals surface area (Å²) in [5.41, 5.74) is 16.7. The van der Waals surface area contributed by atoms with Crippen molar-refractivity contribution in [3.63, 3.8) is 0 Å². The van der Waals surface area contributed by atoms with Crippen LogP contribution in [0.15, 0.2) is 243 Å². The normalized spacial score (nSPS) is 13.2. The lowest BCUT2D eigenvalue weighted by Gasteiger charge is -2.33. The molecular formula is C65H40N2. The number of anilines is 3. The van der Waals surface area contributed by atoms with Crippen molar-refractivity contribution in [2.24, 2.45) is 0 Å². The second kappa shape index (κ2) is 13.7. The number of rotatable bonds is 4. The first-order valence-corrected chi connectivity index (χ1v) is 23.3. The maximum Gasteiger partial charge on any atom is 0.0726 e. The van der Waals surface area contributed by atoms with Crippen molar-refractivity contribution >= 4 is 82.0 Å². The Morgan fingerprint density at radius 3 is 1.31 bits per heavy atom. The van der Waals surface area contributed by atoms with E-state index in [2.05, 4.69) is 252 Å². The fourth-order valence-electron chi connectivity index (χ4n) is 12.4. The van der Waals surface area contributed by atoms with E-state index in [0.29, 0.717) is 0 Å². The molecule has 1 heterocycles. The zero-order chi connectivity index (χ0) is 43.8. The van der Waals surface area contributed by atoms with Gasteiger partial charge in [0.2, 0.25) is 0 Å². The van der Waals surface area contributed by atoms with Gasteiger partial charge in [-0.15, -0.1) is 0 Å². The second-order valence-electron chi connectivity index (χ2n) is 18.3. The SMILES string of the molecule is c1ccc2c(c1)-c1ccccc1C21c2ccccc2-c2cc(-n3c4ccccc4c4ccccc43)c(N(c3ccc4ccccc4c3)c3ccc4c5ccccc5c5ccccc5c4c3)cc21. The summed E-state index contributed by atoms with van der Waals surface area (Å²) >= 11 is 0. The van der Waals surface area contributed by atoms with Crippen LogP contribution in [0.2, 0.25) is 0 Å². The largest absolute Gasteiger partial charge is 0.308 e. The smallest absolute Gasteiger partial charge is 0.0726 e. The third-order valence-electron chi connectivity index (χ3n) is 15.1. The highest BCUT2D eigenvalue weighted by atomic mass is 15.2. The summed E-state index contributed by atoms with van der Waals surface area (Å²) in [6.45, 7) is 0. The van der Waals surface area contributed by atoms with Gasteiger partial charge in [-0.2, -0.15) is 0 Å². The van der Waals surface area contributed by atoms with Gasteiger partial charge in [0.05, 0.1) is 27.8 Å². The van der Waals surface area contributed by atoms with E-state index in [4.69, 9.17) is 0 Å². The highest BCUT2D eigenvalue weighted by Crippen LogP contribution is 2.64. The lowest BCUT2D eigenvalue weighted by molar-refractivity contribution is 0.793. The van der Waals surface area contributed by atoms with Crippen LogP contribution >= 0.6 is 0 Å². The van der Waals surface area contributed by atoms with Gasteiger partial charge < -0.3 is 9.47 Å². The maximum atomic E-state index is 2.57. The van der Waals surface area contributed by atoms with Crippen LogP contribution in [0.1, 0.15) is 22.3 Å². The maximum absolute atomic E-state index is 2.57. The molecule has 310 valence electrons. The lowest BCUT2D eigenvalue weighted by Crippen LogP contribution is -2.26. The Morgan fingerprint density at radius 1 is 0.284 bits per heavy atom. The number of hydrogen-bond acceptors (Lipinski definition) is 1. The Balaban J connectivity index is 1.13. The van der Waals surface area contributed by atoms with Crippen molar-refractivity contribution in [1.82, 2.24) is 4.57 Å². The van der Waals surface area contributed by atoms with E-state index in [1.54, 1.807) is 0 Å². The van der Waals surface area contributed by atoms with Crippen molar-refractivity contribution in [2.45, 2.75) is 5.41 Å². The van der Waals surface area contributed by atoms with E-state index in [0.717, 1.165) is 22.7 Å². The molecule has 0 fully saturated rings. The molecule has 2 aliphatic rings. The van der Waals surface area contributed by atoms with Gasteiger partial charge in [0.25, 0.3) is 0 Å². The third kappa shape index (κ3) is 4.89. The monoisotopic (exact) mass is 848 g/mol. The van der Waals surface area contributed by atoms with Gasteiger partial charge in [0, 0.05) is 22.1 Å². The summed E-state index contributed by atoms with van der Waals surface area (Å²) < 4.78 is 2.53. The first kappa shape index (κ1) is 36.6. The molecule has 67 heavy (non-hydrogen) atoms. The molecule has 0 N–H and O–H groups in total. The van der Waals surface area contributed by atoms with Gasteiger partial charge in [0.15, 0.2) is 0 Å². The Bertz CT molecular complexity index is 4110. The second-order valence-corrected chi connectivity index (χ2v) is 18.3. The minimum absolute atomic E-state index is 0.527. The molecule has 2 heteroatoms. The summed E-state index contributed by atoms with van der Waals surface area (Å²) in [5, 5.41) is 12.4. The van der Waals surface area contributed by atoms with Crippen LogP contribution in [0.4, 0.5) is 17.1 Å². The fraction of sp³-hybridized carbons (Fsp3) is 0.0154. The molecule has 1 aromatic heterocycles. The third-order valence-corrected chi connectivity index (χ3v) is 15.1. The lowest BCUT2D eigenvalue weighted by atomic mass is 9.70. The average molecular weight is 849 g/mol. The Hall–Kier alpha value is -8.72. The summed E-state index contributed by atoms with van der Waals surface area (Å²) in [5.74, 6) is 0. The molecule has 0 aliphatic heterocycles. The topological polar surface area (TPSA) is 8.17 Å². The first-order valence-electron chi connectivity index (χ1n) is 23.3. The van der Waals surface area contributed by atoms with Crippen LogP contribution in [0, 0.1) is 0 Å². The molecular weight excluding hydrogens is 809 g/mol. The number of nitrogens with zero attached hydrogens (tertiary/aromatic N) is 2. The van der Waals surface area contributed by atoms with Gasteiger partial charge in [-0.25, -0.2) is 0 Å². The molecule has 12 aromatic carbocycles. The molecule has 2 nitrogen and oxygen atoms in total. The van der Waals surface area contributed by atoms with Gasteiger partial charge in [-0.3, -0.25) is 0 Å². The summed E-state index contributed by atoms with van der Waals surface area (Å²) in [6, 6.07) is 91.0. The molecule has 0 unspecified atom stereocenters. The minimum atomic E-state index is -0.527. The van der Waals surface area contributed by atoms with E-state index in [-0.39, 0.29) is 0 Å². The number of benzene rings is 12. The van der Waals surface area contributed by atoms with Crippen molar-refractivity contribution in [3.05, 3.63) is 265 Å². The molecule has 0 atom stereocenters. The van der Waals surface area contributed by atoms with Gasteiger partial charge in [-0.1, -0.05) is 194 Å². The zero-order valence-electron chi connectivity index (χ0n) is 36.5. The van der Waals surface area contributed by atoms with Crippen LogP contribution in [0.25, 0.3) is 92.8 Å². The first-order chi connectivity index (χ1) is 33.3. The molecule has 13 aromatic rings. The summed E-state index contributed by atoms with van der Waals surface area (Å²) in [6.07, 6.45) is 0. The number of para-hydroxylation sites is 2. The molecule has 15 rings (SSSR count). The molecule has 2 aliphatic carbocycles. The molecule has 0 radical (unpaired) electrons. The average Bonchev–Trinajstić information content (AvgIpc) is 4.00. The van der Waals surface area contributed by atoms with E-state index in [9.17, 15) is 0 Å². The van der Waals surface area contributed by atoms with E-state index < -0.39 is 5.41 Å². The van der Waals surface area contributed by atoms with E-state index >= 15 is 0 Å². The Labute approximate surface area is 387 Å². The van der Waals surface area contributed by atoms with Crippen molar-refractivity contribution < 1.29 is 0 Å². The van der Waals surface area contributed by atoms with Crippen LogP contribution in [0.5, 0.6) is 0 Å². The van der Waals surface area contributed by atoms with Crippen LogP contribution < -0.4 is 4.90 Å². The highest BCUT2D eigenvalue weighted by Gasteiger charge is 2.52. The Kier molecular flexibility index (Phi) is 7.46. The standard InChI is InChI=1S/C65H40N2/c1-2-18-42-37-43(34-33-41(42)17-1)66(44-35-36-49-47-21-4-3-19-45(47)46-20-5-6-22-48(46)55(49)38-44)64-40-60-56(39-63(64)67-61-31-15-10-26-53(61)54-27-11-16-32-62(54)67)52-25-9-14-30-59(52)65(60)57-28-12-7-23-50(57)51-24-8-13-29-58(51)65/h1-40H. The number of fused-ring (bicyclic) bond motifs is 20. The zero-order valence-corrected chi connectivity index (χ0v) is 36.5. The fourth-order valence-corrected chi connectivity index (χ4v) is 12.4. The predicted molar refractivity (Wildman–Crippen MR) is 282 cm³/mol. The molecule has 0 saturated heterocycles. The predicted octanol–water partition coefficient (Wildman–Crippen LogP) is 17.2. The van der Waals surface area contributed by atoms with Gasteiger partial charge in [0.1, 0.15) is 0 Å². The van der Waals surface area contributed by atoms with Crippen LogP contribution in [-0.4, -0.2) is 4.57 Å². The Morgan fingerprint density at radius 2 is 0.716 bits per heavy atom. The molecule has 0 bridgehead atoms. The van der Waals surface area contributed by atoms with Crippen LogP contribution in [0.3, 0.4) is 0 Å². The minimum Gasteiger partial charge on any atom is -0.308 e. The molecule has 0 amide bonds. The number of hydrogen-bond donors (Lipinski definition) is 0. The van der Waals surface area contributed by atoms with Crippen molar-refractivity contribution in [3.8, 4) is 27.9 Å².